The molecule has 39 heavy (non-hydrogen) atoms. The number of para-hydroxylation sites is 1. The first kappa shape index (κ1) is 25.0. The van der Waals surface area contributed by atoms with E-state index in [1.165, 1.54) is 16.7 Å². The van der Waals surface area contributed by atoms with Crippen LogP contribution in [0.25, 0.3) is 0 Å². The number of thioether (sulfide) groups is 1. The van der Waals surface area contributed by atoms with Crippen molar-refractivity contribution in [2.24, 2.45) is 0 Å². The fourth-order valence-corrected chi connectivity index (χ4v) is 6.84. The summed E-state index contributed by atoms with van der Waals surface area (Å²) in [5, 5.41) is 1.44. The quantitative estimate of drug-likeness (QED) is 0.341. The number of carbonyl (C=O) groups excluding carboxylic acids is 4. The average Bonchev–Trinajstić information content (AvgIpc) is 3.44. The second-order valence-electron chi connectivity index (χ2n) is 9.35. The van der Waals surface area contributed by atoms with Crippen LogP contribution in [-0.2, 0) is 28.7 Å². The normalized spacial score (nSPS) is 24.8. The fraction of sp³-hybridized carbons (Fsp3) is 0.241. The van der Waals surface area contributed by atoms with Crippen LogP contribution in [0.2, 0.25) is 0 Å². The summed E-state index contributed by atoms with van der Waals surface area (Å²) in [4.78, 5) is 53.3. The highest BCUT2D eigenvalue weighted by molar-refractivity contribution is 8.01. The van der Waals surface area contributed by atoms with Crippen LogP contribution in [0.3, 0.4) is 0 Å². The highest BCUT2D eigenvalue weighted by atomic mass is 32.2. The molecule has 3 saturated heterocycles. The van der Waals surface area contributed by atoms with Gasteiger partial charge in [-0.25, -0.2) is 4.79 Å². The molecule has 4 atom stereocenters. The van der Waals surface area contributed by atoms with Crippen LogP contribution in [0.5, 0.6) is 5.75 Å². The Morgan fingerprint density at radius 2 is 1.54 bits per heavy atom. The van der Waals surface area contributed by atoms with Crippen LogP contribution in [0.15, 0.2) is 91.0 Å². The first-order chi connectivity index (χ1) is 19.0. The first-order valence-corrected chi connectivity index (χ1v) is 13.4. The second-order valence-corrected chi connectivity index (χ2v) is 10.7. The first-order valence-electron chi connectivity index (χ1n) is 12.5. The molecule has 0 saturated carbocycles. The highest BCUT2D eigenvalue weighted by Gasteiger charge is 2.75. The molecule has 0 unspecified atom stereocenters. The summed E-state index contributed by atoms with van der Waals surface area (Å²) in [6.45, 7) is -0.271. The van der Waals surface area contributed by atoms with E-state index in [0.717, 1.165) is 11.1 Å². The summed E-state index contributed by atoms with van der Waals surface area (Å²) in [6.07, 6.45) is -0.834. The van der Waals surface area contributed by atoms with Crippen LogP contribution in [0.4, 0.5) is 0 Å². The minimum Gasteiger partial charge on any atom is -0.484 e. The van der Waals surface area contributed by atoms with Crippen molar-refractivity contribution < 1.29 is 33.4 Å². The summed E-state index contributed by atoms with van der Waals surface area (Å²) >= 11 is 1.25. The topological polar surface area (TPSA) is 111 Å². The van der Waals surface area contributed by atoms with Crippen LogP contribution in [0.1, 0.15) is 23.7 Å². The van der Waals surface area contributed by atoms with Gasteiger partial charge in [0.2, 0.25) is 0 Å². The number of esters is 2. The van der Waals surface area contributed by atoms with Gasteiger partial charge in [-0.1, -0.05) is 78.9 Å². The number of hydrogen-bond donors (Lipinski definition) is 1. The van der Waals surface area contributed by atoms with Crippen LogP contribution >= 0.6 is 11.8 Å². The Balaban J connectivity index is 1.21. The molecule has 3 heterocycles. The Hall–Kier alpha value is -4.31. The largest absolute Gasteiger partial charge is 0.484 e. The van der Waals surface area contributed by atoms with Crippen LogP contribution < -0.4 is 10.1 Å². The van der Waals surface area contributed by atoms with Crippen molar-refractivity contribution >= 4 is 35.5 Å². The van der Waals surface area contributed by atoms with E-state index in [0.29, 0.717) is 5.75 Å². The van der Waals surface area contributed by atoms with Crippen molar-refractivity contribution in [3.8, 4) is 5.75 Å². The molecule has 10 heteroatoms. The van der Waals surface area contributed by atoms with Crippen LogP contribution in [0, 0.1) is 0 Å². The lowest BCUT2D eigenvalue weighted by atomic mass is 9.97. The van der Waals surface area contributed by atoms with Gasteiger partial charge in [-0.15, -0.1) is 11.8 Å². The summed E-state index contributed by atoms with van der Waals surface area (Å²) < 4.78 is 17.1. The molecule has 6 rings (SSSR count). The van der Waals surface area contributed by atoms with E-state index in [-0.39, 0.29) is 13.0 Å². The third-order valence-corrected chi connectivity index (χ3v) is 8.49. The number of hydrogen-bond acceptors (Lipinski definition) is 8. The van der Waals surface area contributed by atoms with Crippen molar-refractivity contribution in [1.82, 2.24) is 10.2 Å². The Labute approximate surface area is 228 Å². The average molecular weight is 545 g/mol. The van der Waals surface area contributed by atoms with E-state index in [4.69, 9.17) is 14.2 Å². The molecule has 3 aliphatic heterocycles. The molecule has 3 fully saturated rings. The molecule has 0 aliphatic carbocycles. The maximum absolute atomic E-state index is 13.9. The van der Waals surface area contributed by atoms with Gasteiger partial charge in [0.25, 0.3) is 17.5 Å². The second kappa shape index (κ2) is 10.1. The molecule has 3 aromatic carbocycles. The monoisotopic (exact) mass is 544 g/mol. The van der Waals surface area contributed by atoms with Crippen molar-refractivity contribution in [2.75, 3.05) is 6.61 Å². The molecule has 9 nitrogen and oxygen atoms in total. The number of ether oxygens (including phenoxy) is 3. The molecule has 2 amide bonds. The minimum absolute atomic E-state index is 0.0564. The number of benzene rings is 3. The van der Waals surface area contributed by atoms with Gasteiger partial charge in [0.15, 0.2) is 12.7 Å². The molecule has 0 aromatic heterocycles. The molecule has 0 spiro atoms. The van der Waals surface area contributed by atoms with Crippen molar-refractivity contribution in [3.05, 3.63) is 102 Å². The molecule has 198 valence electrons. The van der Waals surface area contributed by atoms with E-state index in [2.05, 4.69) is 5.32 Å². The van der Waals surface area contributed by atoms with Gasteiger partial charge >= 0.3 is 11.9 Å². The maximum atomic E-state index is 13.9. The summed E-state index contributed by atoms with van der Waals surface area (Å²) in [7, 11) is 0. The van der Waals surface area contributed by atoms with E-state index in [1.54, 1.807) is 24.3 Å². The van der Waals surface area contributed by atoms with Gasteiger partial charge in [-0.2, -0.15) is 0 Å². The SMILES string of the molecule is O=C(COc1ccccc1)N[C@@H]1C(=O)N2[C@@H]1S[C@@H]1CC(=O)O[C@@]12C(=O)OC(c1ccccc1)c1ccccc1. The van der Waals surface area contributed by atoms with Gasteiger partial charge in [-0.3, -0.25) is 19.3 Å². The van der Waals surface area contributed by atoms with Crippen molar-refractivity contribution in [2.45, 2.75) is 34.9 Å². The van der Waals surface area contributed by atoms with E-state index in [1.807, 2.05) is 66.7 Å². The predicted molar refractivity (Wildman–Crippen MR) is 140 cm³/mol. The lowest BCUT2D eigenvalue weighted by Crippen LogP contribution is -2.75. The number of fused-ring (bicyclic) bond motifs is 3. The Kier molecular flexibility index (Phi) is 6.48. The Morgan fingerprint density at radius 1 is 0.949 bits per heavy atom. The van der Waals surface area contributed by atoms with E-state index >= 15 is 0 Å². The van der Waals surface area contributed by atoms with Gasteiger partial charge in [0, 0.05) is 0 Å². The zero-order valence-corrected chi connectivity index (χ0v) is 21.4. The standard InChI is InChI=1S/C29H24N2O7S/c32-22(17-36-20-14-8-3-9-15-20)30-24-26(34)31-27(24)39-21-16-23(33)38-29(21,31)28(35)37-25(18-10-4-1-5-11-18)19-12-6-2-7-13-19/h1-15,21,24-25,27H,16-17H2,(H,30,32)/t21-,24-,27-,29-/m1/s1. The van der Waals surface area contributed by atoms with Crippen molar-refractivity contribution in [1.29, 1.82) is 0 Å². The van der Waals surface area contributed by atoms with Gasteiger partial charge < -0.3 is 19.5 Å². The number of nitrogens with zero attached hydrogens (tertiary/aromatic N) is 1. The molecule has 1 N–H and O–H groups in total. The zero-order valence-electron chi connectivity index (χ0n) is 20.6. The number of carbonyl (C=O) groups is 4. The van der Waals surface area contributed by atoms with Gasteiger partial charge in [0.05, 0.1) is 11.7 Å². The van der Waals surface area contributed by atoms with Crippen molar-refractivity contribution in [3.63, 3.8) is 0 Å². The third kappa shape index (κ3) is 4.40. The number of nitrogens with one attached hydrogen (secondary N) is 1. The lowest BCUT2D eigenvalue weighted by Gasteiger charge is -2.47. The fourth-order valence-electron chi connectivity index (χ4n) is 5.10. The van der Waals surface area contributed by atoms with E-state index < -0.39 is 52.2 Å². The molecule has 3 aromatic rings. The summed E-state index contributed by atoms with van der Waals surface area (Å²) in [6, 6.07) is 26.4. The minimum atomic E-state index is -1.90. The Morgan fingerprint density at radius 3 is 2.15 bits per heavy atom. The number of rotatable bonds is 8. The lowest BCUT2D eigenvalue weighted by molar-refractivity contribution is -0.210. The third-order valence-electron chi connectivity index (χ3n) is 6.91. The number of β-lactam (4-membered cyclic amide) rings is 1. The Bertz CT molecular complexity index is 1370. The molecule has 3 aliphatic rings. The summed E-state index contributed by atoms with van der Waals surface area (Å²) in [5.74, 6) is -1.88. The van der Waals surface area contributed by atoms with E-state index in [9.17, 15) is 19.2 Å². The summed E-state index contributed by atoms with van der Waals surface area (Å²) in [5.41, 5.74) is -0.433. The molecule has 0 radical (unpaired) electrons. The maximum Gasteiger partial charge on any atom is 0.375 e. The number of amides is 2. The van der Waals surface area contributed by atoms with Gasteiger partial charge in [-0.05, 0) is 23.3 Å². The molecular weight excluding hydrogens is 520 g/mol. The zero-order chi connectivity index (χ0) is 27.0. The smallest absolute Gasteiger partial charge is 0.375 e. The van der Waals surface area contributed by atoms with Gasteiger partial charge in [0.1, 0.15) is 17.2 Å². The molecular formula is C29H24N2O7S. The predicted octanol–water partition coefficient (Wildman–Crippen LogP) is 2.81. The highest BCUT2D eigenvalue weighted by Crippen LogP contribution is 2.56. The van der Waals surface area contributed by atoms with Crippen LogP contribution in [-0.4, -0.2) is 57.7 Å². The molecule has 0 bridgehead atoms.